The molecule has 1 fully saturated rings. The average molecular weight is 257 g/mol. The van der Waals surface area contributed by atoms with Gasteiger partial charge in [-0.1, -0.05) is 17.7 Å². The van der Waals surface area contributed by atoms with E-state index in [0.29, 0.717) is 17.4 Å². The lowest BCUT2D eigenvalue weighted by molar-refractivity contribution is -0.0796. The van der Waals surface area contributed by atoms with Gasteiger partial charge in [0, 0.05) is 6.61 Å². The molecule has 1 aromatic carbocycles. The lowest BCUT2D eigenvalue weighted by atomic mass is 9.90. The molecule has 0 spiro atoms. The largest absolute Gasteiger partial charge is 0.495 e. The molecule has 1 saturated heterocycles. The van der Waals surface area contributed by atoms with Crippen molar-refractivity contribution in [3.05, 3.63) is 28.8 Å². The highest BCUT2D eigenvalue weighted by Gasteiger charge is 2.38. The molecule has 94 valence electrons. The first-order chi connectivity index (χ1) is 8.07. The molecule has 0 saturated carbocycles. The van der Waals surface area contributed by atoms with Crippen LogP contribution in [0, 0.1) is 0 Å². The number of aliphatic hydroxyl groups is 1. The van der Waals surface area contributed by atoms with Gasteiger partial charge in [0.1, 0.15) is 11.9 Å². The molecule has 1 aliphatic heterocycles. The summed E-state index contributed by atoms with van der Waals surface area (Å²) in [5.74, 6) is 0.574. The summed E-state index contributed by atoms with van der Waals surface area (Å²) in [6.07, 6.45) is 1.19. The van der Waals surface area contributed by atoms with Crippen molar-refractivity contribution >= 4 is 11.6 Å². The molecular formula is C13H17ClO3. The van der Waals surface area contributed by atoms with Gasteiger partial charge in [-0.3, -0.25) is 0 Å². The normalized spacial score (nSPS) is 25.9. The van der Waals surface area contributed by atoms with E-state index in [1.165, 1.54) is 0 Å². The summed E-state index contributed by atoms with van der Waals surface area (Å²) in [5.41, 5.74) is 0.273. The lowest BCUT2D eigenvalue weighted by Gasteiger charge is -2.29. The lowest BCUT2D eigenvalue weighted by Crippen LogP contribution is -2.31. The first kappa shape index (κ1) is 12.7. The van der Waals surface area contributed by atoms with Gasteiger partial charge in [0.15, 0.2) is 0 Å². The molecule has 1 aromatic rings. The molecule has 1 heterocycles. The van der Waals surface area contributed by atoms with Crippen molar-refractivity contribution in [2.75, 3.05) is 13.7 Å². The standard InChI is InChI=1S/C13H17ClO3/c1-13(6-3-7-17-13)12(15)9-4-5-10(14)11(8-9)16-2/h4-5,8,12,15H,3,6-7H2,1-2H3. The van der Waals surface area contributed by atoms with E-state index in [1.54, 1.807) is 19.2 Å². The number of aliphatic hydroxyl groups excluding tert-OH is 1. The van der Waals surface area contributed by atoms with Crippen molar-refractivity contribution in [2.45, 2.75) is 31.5 Å². The van der Waals surface area contributed by atoms with Gasteiger partial charge in [0.25, 0.3) is 0 Å². The minimum Gasteiger partial charge on any atom is -0.495 e. The van der Waals surface area contributed by atoms with Crippen molar-refractivity contribution in [3.8, 4) is 5.75 Å². The van der Waals surface area contributed by atoms with Crippen molar-refractivity contribution in [1.82, 2.24) is 0 Å². The summed E-state index contributed by atoms with van der Waals surface area (Å²) >= 11 is 5.96. The Bertz CT molecular complexity index is 400. The molecule has 2 atom stereocenters. The number of methoxy groups -OCH3 is 1. The molecule has 1 N–H and O–H groups in total. The maximum Gasteiger partial charge on any atom is 0.137 e. The molecule has 0 aromatic heterocycles. The first-order valence-corrected chi connectivity index (χ1v) is 6.10. The molecule has 1 aliphatic rings. The van der Waals surface area contributed by atoms with Crippen molar-refractivity contribution in [1.29, 1.82) is 0 Å². The maximum atomic E-state index is 10.4. The molecular weight excluding hydrogens is 240 g/mol. The zero-order valence-corrected chi connectivity index (χ0v) is 10.8. The van der Waals surface area contributed by atoms with Gasteiger partial charge in [0.2, 0.25) is 0 Å². The fourth-order valence-corrected chi connectivity index (χ4v) is 2.41. The van der Waals surface area contributed by atoms with E-state index in [1.807, 2.05) is 13.0 Å². The second-order valence-corrected chi connectivity index (χ2v) is 4.97. The van der Waals surface area contributed by atoms with E-state index in [4.69, 9.17) is 21.1 Å². The first-order valence-electron chi connectivity index (χ1n) is 5.72. The topological polar surface area (TPSA) is 38.7 Å². The SMILES string of the molecule is COc1cc(C(O)C2(C)CCCO2)ccc1Cl. The van der Waals surface area contributed by atoms with Crippen LogP contribution in [0.5, 0.6) is 5.75 Å². The molecule has 3 nitrogen and oxygen atoms in total. The van der Waals surface area contributed by atoms with E-state index in [9.17, 15) is 5.11 Å². The molecule has 17 heavy (non-hydrogen) atoms. The number of rotatable bonds is 3. The van der Waals surface area contributed by atoms with E-state index in [2.05, 4.69) is 0 Å². The maximum absolute atomic E-state index is 10.4. The zero-order chi connectivity index (χ0) is 12.5. The molecule has 0 amide bonds. The van der Waals surface area contributed by atoms with E-state index in [0.717, 1.165) is 18.4 Å². The predicted molar refractivity (Wildman–Crippen MR) is 66.6 cm³/mol. The van der Waals surface area contributed by atoms with Crippen LogP contribution in [0.4, 0.5) is 0 Å². The van der Waals surface area contributed by atoms with Crippen molar-refractivity contribution in [2.24, 2.45) is 0 Å². The highest BCUT2D eigenvalue weighted by atomic mass is 35.5. The molecule has 0 aliphatic carbocycles. The summed E-state index contributed by atoms with van der Waals surface area (Å²) in [6, 6.07) is 5.31. The van der Waals surface area contributed by atoms with E-state index in [-0.39, 0.29) is 0 Å². The minimum absolute atomic E-state index is 0.501. The van der Waals surface area contributed by atoms with E-state index >= 15 is 0 Å². The summed E-state index contributed by atoms with van der Waals surface area (Å²) in [4.78, 5) is 0. The Hall–Kier alpha value is -0.770. The van der Waals surface area contributed by atoms with Gasteiger partial charge in [-0.2, -0.15) is 0 Å². The Morgan fingerprint density at radius 1 is 1.53 bits per heavy atom. The van der Waals surface area contributed by atoms with Crippen molar-refractivity contribution < 1.29 is 14.6 Å². The fourth-order valence-electron chi connectivity index (χ4n) is 2.22. The van der Waals surface area contributed by atoms with Crippen LogP contribution in [0.3, 0.4) is 0 Å². The van der Waals surface area contributed by atoms with Crippen LogP contribution in [-0.4, -0.2) is 24.4 Å². The Balaban J connectivity index is 2.27. The third-order valence-electron chi connectivity index (χ3n) is 3.32. The molecule has 2 unspecified atom stereocenters. The van der Waals surface area contributed by atoms with Crippen molar-refractivity contribution in [3.63, 3.8) is 0 Å². The Morgan fingerprint density at radius 2 is 2.29 bits per heavy atom. The highest BCUT2D eigenvalue weighted by Crippen LogP contribution is 2.39. The Labute approximate surface area is 106 Å². The van der Waals surface area contributed by atoms with Crippen LogP contribution >= 0.6 is 11.6 Å². The van der Waals surface area contributed by atoms with Crippen LogP contribution in [-0.2, 0) is 4.74 Å². The fraction of sp³-hybridized carbons (Fsp3) is 0.538. The number of ether oxygens (including phenoxy) is 2. The highest BCUT2D eigenvalue weighted by molar-refractivity contribution is 6.32. The second kappa shape index (κ2) is 4.84. The van der Waals surface area contributed by atoms with Crippen LogP contribution in [0.25, 0.3) is 0 Å². The number of hydrogen-bond donors (Lipinski definition) is 1. The quantitative estimate of drug-likeness (QED) is 0.904. The summed E-state index contributed by atoms with van der Waals surface area (Å²) in [7, 11) is 1.56. The molecule has 0 radical (unpaired) electrons. The predicted octanol–water partition coefficient (Wildman–Crippen LogP) is 2.95. The molecule has 4 heteroatoms. The molecule has 2 rings (SSSR count). The summed E-state index contributed by atoms with van der Waals surface area (Å²) in [6.45, 7) is 2.64. The van der Waals surface area contributed by atoms with E-state index < -0.39 is 11.7 Å². The second-order valence-electron chi connectivity index (χ2n) is 4.56. The monoisotopic (exact) mass is 256 g/mol. The third-order valence-corrected chi connectivity index (χ3v) is 3.63. The number of halogens is 1. The van der Waals surface area contributed by atoms with Crippen LogP contribution < -0.4 is 4.74 Å². The summed E-state index contributed by atoms with van der Waals surface area (Å²) in [5, 5.41) is 10.9. The average Bonchev–Trinajstić information content (AvgIpc) is 2.77. The van der Waals surface area contributed by atoms with Gasteiger partial charge in [-0.25, -0.2) is 0 Å². The summed E-state index contributed by atoms with van der Waals surface area (Å²) < 4.78 is 10.8. The van der Waals surface area contributed by atoms with Gasteiger partial charge >= 0.3 is 0 Å². The van der Waals surface area contributed by atoms with Crippen LogP contribution in [0.2, 0.25) is 5.02 Å². The minimum atomic E-state index is -0.656. The zero-order valence-electron chi connectivity index (χ0n) is 10.1. The van der Waals surface area contributed by atoms with Gasteiger partial charge in [0.05, 0.1) is 17.7 Å². The van der Waals surface area contributed by atoms with Gasteiger partial charge in [-0.05, 0) is 37.5 Å². The number of hydrogen-bond acceptors (Lipinski definition) is 3. The Kier molecular flexibility index (Phi) is 3.61. The molecule has 0 bridgehead atoms. The smallest absolute Gasteiger partial charge is 0.137 e. The number of benzene rings is 1. The van der Waals surface area contributed by atoms with Gasteiger partial charge < -0.3 is 14.6 Å². The van der Waals surface area contributed by atoms with Crippen LogP contribution in [0.1, 0.15) is 31.4 Å². The van der Waals surface area contributed by atoms with Crippen LogP contribution in [0.15, 0.2) is 18.2 Å². The van der Waals surface area contributed by atoms with Gasteiger partial charge in [-0.15, -0.1) is 0 Å². The Morgan fingerprint density at radius 3 is 2.88 bits per heavy atom. The third kappa shape index (κ3) is 2.41.